The van der Waals surface area contributed by atoms with Crippen LogP contribution in [0.15, 0.2) is 40.6 Å². The third kappa shape index (κ3) is 4.52. The molecule has 0 spiro atoms. The Morgan fingerprint density at radius 3 is 2.53 bits per heavy atom. The maximum atomic E-state index is 13.0. The first-order valence-electron chi connectivity index (χ1n) is 12.3. The lowest BCUT2D eigenvalue weighted by molar-refractivity contribution is -0.150. The zero-order valence-electron chi connectivity index (χ0n) is 21.8. The molecular weight excluding hydrogens is 493 g/mol. The molecule has 12 nitrogen and oxygen atoms in total. The van der Waals surface area contributed by atoms with Crippen LogP contribution >= 0.6 is 0 Å². The Kier molecular flexibility index (Phi) is 6.23. The van der Waals surface area contributed by atoms with Gasteiger partial charge in [-0.2, -0.15) is 4.98 Å². The lowest BCUT2D eigenvalue weighted by Crippen LogP contribution is -2.54. The van der Waals surface area contributed by atoms with E-state index in [4.69, 9.17) is 13.8 Å². The molecule has 198 valence electrons. The van der Waals surface area contributed by atoms with Crippen LogP contribution in [0.5, 0.6) is 0 Å². The van der Waals surface area contributed by atoms with Crippen LogP contribution in [0.2, 0.25) is 0 Å². The predicted molar refractivity (Wildman–Crippen MR) is 133 cm³/mol. The van der Waals surface area contributed by atoms with Crippen LogP contribution in [0.3, 0.4) is 0 Å². The Morgan fingerprint density at radius 1 is 1.13 bits per heavy atom. The van der Waals surface area contributed by atoms with Crippen molar-refractivity contribution in [1.29, 1.82) is 0 Å². The SMILES string of the molecule is CN(Cc1nc(-c2cccc(B3OC(C)(C)C(C)(C)O3)c2)no1)C1=CC(=O)N(C2CCC(=O)NC2=O)C1=O. The van der Waals surface area contributed by atoms with Gasteiger partial charge in [0.25, 0.3) is 11.8 Å². The fraction of sp³-hybridized carbons (Fsp3) is 0.440. The van der Waals surface area contributed by atoms with Crippen LogP contribution in [0.4, 0.5) is 0 Å². The van der Waals surface area contributed by atoms with Crippen molar-refractivity contribution >= 4 is 36.2 Å². The summed E-state index contributed by atoms with van der Waals surface area (Å²) in [5.41, 5.74) is 0.656. The molecule has 4 amide bonds. The van der Waals surface area contributed by atoms with E-state index < -0.39 is 48.0 Å². The van der Waals surface area contributed by atoms with Gasteiger partial charge in [-0.3, -0.25) is 29.4 Å². The van der Waals surface area contributed by atoms with Gasteiger partial charge in [0.15, 0.2) is 0 Å². The van der Waals surface area contributed by atoms with Gasteiger partial charge in [0, 0.05) is 25.1 Å². The number of carbonyl (C=O) groups is 4. The molecule has 0 radical (unpaired) electrons. The van der Waals surface area contributed by atoms with Gasteiger partial charge < -0.3 is 18.7 Å². The molecule has 1 aromatic carbocycles. The molecular formula is C25H28BN5O7. The Morgan fingerprint density at radius 2 is 1.84 bits per heavy atom. The van der Waals surface area contributed by atoms with Gasteiger partial charge in [0.05, 0.1) is 17.7 Å². The van der Waals surface area contributed by atoms with E-state index in [9.17, 15) is 19.2 Å². The molecule has 2 aromatic rings. The van der Waals surface area contributed by atoms with Crippen molar-refractivity contribution in [2.45, 2.75) is 64.3 Å². The predicted octanol–water partition coefficient (Wildman–Crippen LogP) is 0.526. The van der Waals surface area contributed by atoms with E-state index in [0.717, 1.165) is 16.4 Å². The molecule has 38 heavy (non-hydrogen) atoms. The first-order valence-corrected chi connectivity index (χ1v) is 12.3. The molecule has 13 heteroatoms. The smallest absolute Gasteiger partial charge is 0.399 e. The van der Waals surface area contributed by atoms with Crippen LogP contribution in [-0.4, -0.2) is 75.0 Å². The van der Waals surface area contributed by atoms with E-state index in [1.165, 1.54) is 4.90 Å². The summed E-state index contributed by atoms with van der Waals surface area (Å²) in [6, 6.07) is 6.45. The van der Waals surface area contributed by atoms with Crippen LogP contribution in [0.1, 0.15) is 46.4 Å². The summed E-state index contributed by atoms with van der Waals surface area (Å²) in [5, 5.41) is 6.24. The van der Waals surface area contributed by atoms with Gasteiger partial charge in [-0.1, -0.05) is 29.4 Å². The second kappa shape index (κ2) is 9.17. The fourth-order valence-electron chi connectivity index (χ4n) is 4.50. The summed E-state index contributed by atoms with van der Waals surface area (Å²) in [6.07, 6.45) is 1.31. The van der Waals surface area contributed by atoms with Gasteiger partial charge in [-0.15, -0.1) is 0 Å². The molecule has 2 fully saturated rings. The van der Waals surface area contributed by atoms with Gasteiger partial charge in [0.1, 0.15) is 11.7 Å². The second-order valence-electron chi connectivity index (χ2n) is 10.6. The average Bonchev–Trinajstić information content (AvgIpc) is 3.48. The summed E-state index contributed by atoms with van der Waals surface area (Å²) in [5.74, 6) is -1.75. The third-order valence-electron chi connectivity index (χ3n) is 7.38. The molecule has 0 aliphatic carbocycles. The highest BCUT2D eigenvalue weighted by atomic mass is 16.7. The summed E-state index contributed by atoms with van der Waals surface area (Å²) < 4.78 is 17.7. The monoisotopic (exact) mass is 521 g/mol. The quantitative estimate of drug-likeness (QED) is 0.422. The average molecular weight is 521 g/mol. The van der Waals surface area contributed by atoms with E-state index in [2.05, 4.69) is 15.5 Å². The minimum absolute atomic E-state index is 0.0535. The van der Waals surface area contributed by atoms with E-state index in [1.807, 2.05) is 52.0 Å². The number of hydrogen-bond donors (Lipinski definition) is 1. The topological polar surface area (TPSA) is 144 Å². The normalized spacial score (nSPS) is 22.7. The molecule has 0 saturated carbocycles. The number of amides is 4. The number of aromatic nitrogens is 2. The molecule has 5 rings (SSSR count). The van der Waals surface area contributed by atoms with Gasteiger partial charge in [0.2, 0.25) is 23.5 Å². The van der Waals surface area contributed by atoms with Crippen molar-refractivity contribution < 1.29 is 33.0 Å². The van der Waals surface area contributed by atoms with Crippen molar-refractivity contribution in [2.75, 3.05) is 7.05 Å². The zero-order chi connectivity index (χ0) is 27.4. The molecule has 1 N–H and O–H groups in total. The number of likely N-dealkylation sites (N-methyl/N-ethyl adjacent to an activating group) is 1. The second-order valence-corrected chi connectivity index (χ2v) is 10.6. The molecule has 0 bridgehead atoms. The van der Waals surface area contributed by atoms with E-state index in [-0.39, 0.29) is 31.0 Å². The highest BCUT2D eigenvalue weighted by Crippen LogP contribution is 2.36. The van der Waals surface area contributed by atoms with Crippen molar-refractivity contribution in [2.24, 2.45) is 0 Å². The summed E-state index contributed by atoms with van der Waals surface area (Å²) >= 11 is 0. The number of benzene rings is 1. The standard InChI is InChI=1S/C25H28BN5O7/c1-24(2)25(3,4)38-26(37-24)15-8-6-7-14(11-15)21-28-19(36-29-21)13-30(5)17-12-20(33)31(23(17)35)16-9-10-18(32)27-22(16)34/h6-8,11-12,16H,9-10,13H2,1-5H3,(H,27,32,34). The number of carbonyl (C=O) groups excluding carboxylic acids is 4. The van der Waals surface area contributed by atoms with Crippen molar-refractivity contribution in [3.63, 3.8) is 0 Å². The summed E-state index contributed by atoms with van der Waals surface area (Å²) in [7, 11) is 1.07. The molecule has 1 aromatic heterocycles. The molecule has 2 saturated heterocycles. The Bertz CT molecular complexity index is 1350. The summed E-state index contributed by atoms with van der Waals surface area (Å²) in [6.45, 7) is 8.00. The van der Waals surface area contributed by atoms with E-state index in [1.54, 1.807) is 7.05 Å². The lowest BCUT2D eigenvalue weighted by Gasteiger charge is -2.32. The fourth-order valence-corrected chi connectivity index (χ4v) is 4.50. The zero-order valence-corrected chi connectivity index (χ0v) is 21.8. The number of hydrogen-bond acceptors (Lipinski definition) is 10. The van der Waals surface area contributed by atoms with Gasteiger partial charge in [-0.05, 0) is 39.6 Å². The highest BCUT2D eigenvalue weighted by Gasteiger charge is 2.51. The van der Waals surface area contributed by atoms with Crippen molar-refractivity contribution in [1.82, 2.24) is 25.3 Å². The lowest BCUT2D eigenvalue weighted by atomic mass is 9.78. The first kappa shape index (κ1) is 25.8. The highest BCUT2D eigenvalue weighted by molar-refractivity contribution is 6.62. The minimum Gasteiger partial charge on any atom is -0.399 e. The van der Waals surface area contributed by atoms with Crippen molar-refractivity contribution in [3.05, 3.63) is 41.9 Å². The van der Waals surface area contributed by atoms with Crippen molar-refractivity contribution in [3.8, 4) is 11.4 Å². The number of piperidine rings is 1. The molecule has 1 unspecified atom stereocenters. The Labute approximate surface area is 219 Å². The maximum Gasteiger partial charge on any atom is 0.494 e. The van der Waals surface area contributed by atoms with Crippen LogP contribution in [-0.2, 0) is 35.0 Å². The molecule has 4 heterocycles. The third-order valence-corrected chi connectivity index (χ3v) is 7.38. The Hall–Kier alpha value is -3.84. The first-order chi connectivity index (χ1) is 17.9. The Balaban J connectivity index is 1.27. The van der Waals surface area contributed by atoms with Crippen LogP contribution in [0, 0.1) is 0 Å². The maximum absolute atomic E-state index is 13.0. The summed E-state index contributed by atoms with van der Waals surface area (Å²) in [4.78, 5) is 56.0. The number of rotatable bonds is 6. The van der Waals surface area contributed by atoms with E-state index in [0.29, 0.717) is 11.4 Å². The van der Waals surface area contributed by atoms with Gasteiger partial charge in [-0.25, -0.2) is 0 Å². The number of imide groups is 2. The van der Waals surface area contributed by atoms with Crippen LogP contribution < -0.4 is 10.8 Å². The number of nitrogens with one attached hydrogen (secondary N) is 1. The largest absolute Gasteiger partial charge is 0.494 e. The van der Waals surface area contributed by atoms with E-state index >= 15 is 0 Å². The molecule has 3 aliphatic rings. The molecule has 1 atom stereocenters. The minimum atomic E-state index is -1.03. The number of nitrogens with zero attached hydrogens (tertiary/aromatic N) is 4. The van der Waals surface area contributed by atoms with Crippen LogP contribution in [0.25, 0.3) is 11.4 Å². The molecule has 3 aliphatic heterocycles. The van der Waals surface area contributed by atoms with Gasteiger partial charge >= 0.3 is 7.12 Å².